The lowest BCUT2D eigenvalue weighted by Crippen LogP contribution is -2.41. The van der Waals surface area contributed by atoms with Crippen LogP contribution in [0.4, 0.5) is 9.93 Å². The molecule has 24 heavy (non-hydrogen) atoms. The Morgan fingerprint density at radius 2 is 2.17 bits per heavy atom. The first-order chi connectivity index (χ1) is 11.7. The summed E-state index contributed by atoms with van der Waals surface area (Å²) in [5, 5.41) is 14.9. The van der Waals surface area contributed by atoms with Gasteiger partial charge in [-0.25, -0.2) is 4.79 Å². The molecule has 128 valence electrons. The number of carbonyl (C=O) groups is 1. The maximum atomic E-state index is 11.9. The average molecular weight is 345 g/mol. The van der Waals surface area contributed by atoms with Gasteiger partial charge in [0.1, 0.15) is 5.01 Å². The monoisotopic (exact) mass is 345 g/mol. The first-order valence-electron chi connectivity index (χ1n) is 8.30. The molecule has 2 N–H and O–H groups in total. The van der Waals surface area contributed by atoms with Crippen LogP contribution in [0.15, 0.2) is 30.3 Å². The second kappa shape index (κ2) is 8.21. The number of hydrogen-bond donors (Lipinski definition) is 2. The zero-order valence-corrected chi connectivity index (χ0v) is 14.7. The summed E-state index contributed by atoms with van der Waals surface area (Å²) in [5.74, 6) is 0.490. The van der Waals surface area contributed by atoms with Crippen molar-refractivity contribution < 1.29 is 4.79 Å². The molecule has 0 unspecified atom stereocenters. The Balaban J connectivity index is 1.42. The molecule has 0 radical (unpaired) electrons. The van der Waals surface area contributed by atoms with Gasteiger partial charge in [0.15, 0.2) is 0 Å². The van der Waals surface area contributed by atoms with Crippen LogP contribution in [0.5, 0.6) is 0 Å². The average Bonchev–Trinajstić information content (AvgIpc) is 2.99. The van der Waals surface area contributed by atoms with Crippen molar-refractivity contribution >= 4 is 22.5 Å². The molecular weight excluding hydrogens is 322 g/mol. The number of aryl methyl sites for hydroxylation is 1. The highest BCUT2D eigenvalue weighted by molar-refractivity contribution is 7.15. The van der Waals surface area contributed by atoms with Crippen LogP contribution in [-0.2, 0) is 6.54 Å². The highest BCUT2D eigenvalue weighted by Gasteiger charge is 2.20. The number of hydrogen-bond acceptors (Lipinski definition) is 5. The van der Waals surface area contributed by atoms with E-state index in [1.807, 2.05) is 13.0 Å². The van der Waals surface area contributed by atoms with E-state index in [1.165, 1.54) is 23.3 Å². The van der Waals surface area contributed by atoms with E-state index in [4.69, 9.17) is 0 Å². The molecule has 0 saturated carbocycles. The van der Waals surface area contributed by atoms with Crippen LogP contribution < -0.4 is 10.6 Å². The quantitative estimate of drug-likeness (QED) is 0.874. The standard InChI is InChI=1S/C17H23N5OS/c1-13-20-21-17(24-13)19-16(23)18-10-15-8-5-9-22(12-15)11-14-6-3-2-4-7-14/h2-4,6-7,15H,5,8-12H2,1H3,(H2,18,19,21,23)/t15-/m0/s1. The molecule has 2 amide bonds. The van der Waals surface area contributed by atoms with E-state index >= 15 is 0 Å². The van der Waals surface area contributed by atoms with Crippen molar-refractivity contribution in [2.24, 2.45) is 5.92 Å². The minimum atomic E-state index is -0.202. The molecule has 1 fully saturated rings. The minimum Gasteiger partial charge on any atom is -0.337 e. The number of amides is 2. The minimum absolute atomic E-state index is 0.202. The molecule has 1 atom stereocenters. The summed E-state index contributed by atoms with van der Waals surface area (Å²) >= 11 is 1.38. The Kier molecular flexibility index (Phi) is 5.77. The normalized spacial score (nSPS) is 18.3. The first kappa shape index (κ1) is 16.9. The number of nitrogens with one attached hydrogen (secondary N) is 2. The lowest BCUT2D eigenvalue weighted by atomic mass is 9.97. The molecule has 0 bridgehead atoms. The highest BCUT2D eigenvalue weighted by atomic mass is 32.1. The second-order valence-corrected chi connectivity index (χ2v) is 7.37. The molecule has 1 aromatic heterocycles. The third-order valence-corrected chi connectivity index (χ3v) is 4.90. The number of urea groups is 1. The summed E-state index contributed by atoms with van der Waals surface area (Å²) < 4.78 is 0. The molecular formula is C17H23N5OS. The summed E-state index contributed by atoms with van der Waals surface area (Å²) in [6.45, 7) is 5.68. The number of likely N-dealkylation sites (tertiary alicyclic amines) is 1. The molecule has 0 spiro atoms. The summed E-state index contributed by atoms with van der Waals surface area (Å²) in [6, 6.07) is 10.3. The Morgan fingerprint density at radius 3 is 2.92 bits per heavy atom. The Labute approximate surface area is 146 Å². The molecule has 1 saturated heterocycles. The van der Waals surface area contributed by atoms with Crippen molar-refractivity contribution in [3.05, 3.63) is 40.9 Å². The van der Waals surface area contributed by atoms with Gasteiger partial charge in [0.25, 0.3) is 0 Å². The maximum absolute atomic E-state index is 11.9. The third-order valence-electron chi connectivity index (χ3n) is 4.15. The molecule has 6 nitrogen and oxygen atoms in total. The Bertz CT molecular complexity index is 660. The summed E-state index contributed by atoms with van der Waals surface area (Å²) in [6.07, 6.45) is 2.33. The van der Waals surface area contributed by atoms with Crippen molar-refractivity contribution in [3.8, 4) is 0 Å². The summed E-state index contributed by atoms with van der Waals surface area (Å²) in [4.78, 5) is 14.4. The van der Waals surface area contributed by atoms with Gasteiger partial charge in [-0.15, -0.1) is 10.2 Å². The molecule has 1 aliphatic rings. The van der Waals surface area contributed by atoms with E-state index in [-0.39, 0.29) is 6.03 Å². The summed E-state index contributed by atoms with van der Waals surface area (Å²) in [7, 11) is 0. The van der Waals surface area contributed by atoms with Gasteiger partial charge in [0.2, 0.25) is 5.13 Å². The molecule has 3 rings (SSSR count). The van der Waals surface area contributed by atoms with Gasteiger partial charge in [-0.2, -0.15) is 0 Å². The zero-order chi connectivity index (χ0) is 16.8. The number of aromatic nitrogens is 2. The van der Waals surface area contributed by atoms with E-state index in [2.05, 4.69) is 50.0 Å². The third kappa shape index (κ3) is 5.01. The van der Waals surface area contributed by atoms with Gasteiger partial charge in [-0.05, 0) is 37.8 Å². The predicted octanol–water partition coefficient (Wildman–Crippen LogP) is 2.88. The second-order valence-electron chi connectivity index (χ2n) is 6.19. The maximum Gasteiger partial charge on any atom is 0.321 e. The van der Waals surface area contributed by atoms with Crippen molar-refractivity contribution in [1.29, 1.82) is 0 Å². The lowest BCUT2D eigenvalue weighted by molar-refractivity contribution is 0.166. The number of nitrogens with zero attached hydrogens (tertiary/aromatic N) is 3. The van der Waals surface area contributed by atoms with Crippen molar-refractivity contribution in [3.63, 3.8) is 0 Å². The van der Waals surface area contributed by atoms with Crippen LogP contribution >= 0.6 is 11.3 Å². The number of rotatable bonds is 5. The molecule has 1 aromatic carbocycles. The highest BCUT2D eigenvalue weighted by Crippen LogP contribution is 2.18. The van der Waals surface area contributed by atoms with Crippen LogP contribution in [0, 0.1) is 12.8 Å². The van der Waals surface area contributed by atoms with Crippen LogP contribution in [0.2, 0.25) is 0 Å². The fraction of sp³-hybridized carbons (Fsp3) is 0.471. The fourth-order valence-corrected chi connectivity index (χ4v) is 3.62. The van der Waals surface area contributed by atoms with Crippen LogP contribution in [0.3, 0.4) is 0 Å². The van der Waals surface area contributed by atoms with Crippen molar-refractivity contribution in [2.75, 3.05) is 25.0 Å². The van der Waals surface area contributed by atoms with Gasteiger partial charge in [-0.1, -0.05) is 41.7 Å². The van der Waals surface area contributed by atoms with E-state index in [9.17, 15) is 4.79 Å². The van der Waals surface area contributed by atoms with Crippen LogP contribution in [0.1, 0.15) is 23.4 Å². The molecule has 0 aliphatic carbocycles. The van der Waals surface area contributed by atoms with Gasteiger partial charge < -0.3 is 5.32 Å². The Hall–Kier alpha value is -1.99. The van der Waals surface area contributed by atoms with Gasteiger partial charge in [0.05, 0.1) is 0 Å². The number of carbonyl (C=O) groups excluding carboxylic acids is 1. The van der Waals surface area contributed by atoms with Crippen LogP contribution in [0.25, 0.3) is 0 Å². The van der Waals surface area contributed by atoms with E-state index in [0.29, 0.717) is 17.6 Å². The van der Waals surface area contributed by atoms with Gasteiger partial charge in [-0.3, -0.25) is 10.2 Å². The van der Waals surface area contributed by atoms with Gasteiger partial charge in [0, 0.05) is 19.6 Å². The fourth-order valence-electron chi connectivity index (χ4n) is 3.03. The predicted molar refractivity (Wildman–Crippen MR) is 96.1 cm³/mol. The smallest absolute Gasteiger partial charge is 0.321 e. The van der Waals surface area contributed by atoms with Crippen LogP contribution in [-0.4, -0.2) is 40.8 Å². The first-order valence-corrected chi connectivity index (χ1v) is 9.12. The lowest BCUT2D eigenvalue weighted by Gasteiger charge is -2.32. The molecule has 2 aromatic rings. The molecule has 7 heteroatoms. The molecule has 2 heterocycles. The summed E-state index contributed by atoms with van der Waals surface area (Å²) in [5.41, 5.74) is 1.34. The van der Waals surface area contributed by atoms with E-state index in [1.54, 1.807) is 0 Å². The van der Waals surface area contributed by atoms with E-state index in [0.717, 1.165) is 31.1 Å². The van der Waals surface area contributed by atoms with Gasteiger partial charge >= 0.3 is 6.03 Å². The SMILES string of the molecule is Cc1nnc(NC(=O)NC[C@@H]2CCCN(Cc3ccccc3)C2)s1. The zero-order valence-electron chi connectivity index (χ0n) is 13.9. The molecule has 1 aliphatic heterocycles. The number of piperidine rings is 1. The van der Waals surface area contributed by atoms with Crippen molar-refractivity contribution in [1.82, 2.24) is 20.4 Å². The topological polar surface area (TPSA) is 70.1 Å². The van der Waals surface area contributed by atoms with Crippen molar-refractivity contribution in [2.45, 2.75) is 26.3 Å². The number of anilines is 1. The largest absolute Gasteiger partial charge is 0.337 e. The Morgan fingerprint density at radius 1 is 1.33 bits per heavy atom. The van der Waals surface area contributed by atoms with E-state index < -0.39 is 0 Å². The number of benzene rings is 1.